The third-order valence-corrected chi connectivity index (χ3v) is 7.45. The van der Waals surface area contributed by atoms with Gasteiger partial charge in [-0.1, -0.05) is 18.7 Å². The van der Waals surface area contributed by atoms with E-state index in [2.05, 4.69) is 32.7 Å². The zero-order valence-electron chi connectivity index (χ0n) is 19.7. The maximum Gasteiger partial charge on any atom is 0.271 e. The zero-order chi connectivity index (χ0) is 25.4. The predicted molar refractivity (Wildman–Crippen MR) is 137 cm³/mol. The monoisotopic (exact) mass is 499 g/mol. The molecule has 0 radical (unpaired) electrons. The number of halogens is 1. The number of rotatable bonds is 4. The SMILES string of the molecule is [C-]#[N+]c1ccc2c(n1)c(N1CCN(C(c3ccc(F)cc3)c3nccs3)[C@H](C)C1)c(C#N)c(=O)n2C. The molecule has 0 spiro atoms. The minimum absolute atomic E-state index is 0.00685. The topological polar surface area (TPSA) is 82.4 Å². The number of thiazole rings is 1. The van der Waals surface area contributed by atoms with E-state index in [1.165, 1.54) is 16.7 Å². The summed E-state index contributed by atoms with van der Waals surface area (Å²) in [5.41, 5.74) is 2.10. The van der Waals surface area contributed by atoms with Gasteiger partial charge in [0.15, 0.2) is 0 Å². The van der Waals surface area contributed by atoms with Gasteiger partial charge in [0.1, 0.15) is 28.1 Å². The fourth-order valence-electron chi connectivity index (χ4n) is 4.90. The van der Waals surface area contributed by atoms with Crippen LogP contribution in [0.4, 0.5) is 15.9 Å². The van der Waals surface area contributed by atoms with E-state index in [0.29, 0.717) is 36.4 Å². The molecule has 1 aliphatic rings. The molecule has 36 heavy (non-hydrogen) atoms. The molecule has 4 heterocycles. The number of hydrogen-bond donors (Lipinski definition) is 0. The van der Waals surface area contributed by atoms with E-state index in [1.807, 2.05) is 10.3 Å². The highest BCUT2D eigenvalue weighted by molar-refractivity contribution is 7.09. The first kappa shape index (κ1) is 23.6. The van der Waals surface area contributed by atoms with Gasteiger partial charge in [-0.15, -0.1) is 16.3 Å². The second-order valence-electron chi connectivity index (χ2n) is 8.71. The third-order valence-electron chi connectivity index (χ3n) is 6.62. The van der Waals surface area contributed by atoms with Gasteiger partial charge in [0.25, 0.3) is 11.4 Å². The number of nitrogens with zero attached hydrogens (tertiary/aromatic N) is 7. The van der Waals surface area contributed by atoms with E-state index >= 15 is 0 Å². The minimum Gasteiger partial charge on any atom is -0.364 e. The van der Waals surface area contributed by atoms with E-state index in [-0.39, 0.29) is 34.8 Å². The number of fused-ring (bicyclic) bond motifs is 1. The van der Waals surface area contributed by atoms with Crippen LogP contribution in [-0.2, 0) is 7.05 Å². The van der Waals surface area contributed by atoms with Gasteiger partial charge < -0.3 is 14.3 Å². The number of aryl methyl sites for hydroxylation is 1. The smallest absolute Gasteiger partial charge is 0.271 e. The van der Waals surface area contributed by atoms with Crippen LogP contribution in [0.3, 0.4) is 0 Å². The Morgan fingerprint density at radius 3 is 2.67 bits per heavy atom. The summed E-state index contributed by atoms with van der Waals surface area (Å²) in [6.07, 6.45) is 1.77. The van der Waals surface area contributed by atoms with Gasteiger partial charge in [-0.05, 0) is 36.8 Å². The summed E-state index contributed by atoms with van der Waals surface area (Å²) in [5, 5.41) is 12.8. The average Bonchev–Trinajstić information content (AvgIpc) is 3.42. The highest BCUT2D eigenvalue weighted by Crippen LogP contribution is 2.36. The van der Waals surface area contributed by atoms with Crippen molar-refractivity contribution in [1.82, 2.24) is 19.4 Å². The maximum atomic E-state index is 13.7. The first-order valence-electron chi connectivity index (χ1n) is 11.4. The van der Waals surface area contributed by atoms with E-state index < -0.39 is 0 Å². The van der Waals surface area contributed by atoms with Gasteiger partial charge in [0.2, 0.25) is 5.52 Å². The quantitative estimate of drug-likeness (QED) is 0.391. The number of anilines is 1. The molecule has 2 atom stereocenters. The molecule has 1 saturated heterocycles. The molecule has 10 heteroatoms. The number of nitriles is 1. The Morgan fingerprint density at radius 1 is 1.25 bits per heavy atom. The van der Waals surface area contributed by atoms with Crippen LogP contribution < -0.4 is 10.5 Å². The van der Waals surface area contributed by atoms with Crippen molar-refractivity contribution in [3.8, 4) is 6.07 Å². The zero-order valence-corrected chi connectivity index (χ0v) is 20.5. The molecular weight excluding hydrogens is 477 g/mol. The van der Waals surface area contributed by atoms with Crippen LogP contribution in [-0.4, -0.2) is 45.1 Å². The second-order valence-corrected chi connectivity index (χ2v) is 9.63. The Balaban J connectivity index is 1.56. The van der Waals surface area contributed by atoms with Crippen molar-refractivity contribution in [2.75, 3.05) is 24.5 Å². The number of aromatic nitrogens is 3. The lowest BCUT2D eigenvalue weighted by molar-refractivity contribution is 0.150. The normalized spacial score (nSPS) is 17.0. The van der Waals surface area contributed by atoms with Crippen molar-refractivity contribution in [3.05, 3.63) is 91.7 Å². The lowest BCUT2D eigenvalue weighted by atomic mass is 10.0. The Kier molecular flexibility index (Phi) is 6.23. The van der Waals surface area contributed by atoms with Gasteiger partial charge in [-0.2, -0.15) is 5.26 Å². The summed E-state index contributed by atoms with van der Waals surface area (Å²) in [5.74, 6) is -0.0829. The molecule has 0 N–H and O–H groups in total. The van der Waals surface area contributed by atoms with Crippen LogP contribution in [0.1, 0.15) is 29.1 Å². The molecule has 1 aromatic carbocycles. The lowest BCUT2D eigenvalue weighted by Crippen LogP contribution is -2.53. The first-order valence-corrected chi connectivity index (χ1v) is 12.3. The maximum absolute atomic E-state index is 13.7. The van der Waals surface area contributed by atoms with Crippen molar-refractivity contribution in [1.29, 1.82) is 5.26 Å². The summed E-state index contributed by atoms with van der Waals surface area (Å²) in [6.45, 7) is 11.2. The molecular formula is C26H22FN7OS. The van der Waals surface area contributed by atoms with E-state index in [9.17, 15) is 14.4 Å². The lowest BCUT2D eigenvalue weighted by Gasteiger charge is -2.44. The number of piperazine rings is 1. The molecule has 0 amide bonds. The Labute approximate surface area is 211 Å². The van der Waals surface area contributed by atoms with Crippen molar-refractivity contribution in [2.45, 2.75) is 19.0 Å². The number of hydrogen-bond acceptors (Lipinski definition) is 7. The summed E-state index contributed by atoms with van der Waals surface area (Å²) >= 11 is 1.55. The minimum atomic E-state index is -0.389. The van der Waals surface area contributed by atoms with Crippen LogP contribution in [0.2, 0.25) is 0 Å². The fraction of sp³-hybridized carbons (Fsp3) is 0.269. The number of pyridine rings is 2. The van der Waals surface area contributed by atoms with Crippen LogP contribution in [0.15, 0.2) is 52.8 Å². The Morgan fingerprint density at radius 2 is 2.03 bits per heavy atom. The molecule has 3 aromatic heterocycles. The third kappa shape index (κ3) is 4.01. The van der Waals surface area contributed by atoms with Gasteiger partial charge in [0.05, 0.1) is 11.6 Å². The first-order chi connectivity index (χ1) is 17.4. The van der Waals surface area contributed by atoms with Crippen LogP contribution in [0.25, 0.3) is 15.9 Å². The van der Waals surface area contributed by atoms with Crippen LogP contribution in [0, 0.1) is 23.7 Å². The molecule has 8 nitrogen and oxygen atoms in total. The molecule has 180 valence electrons. The molecule has 0 aliphatic carbocycles. The molecule has 1 aliphatic heterocycles. The van der Waals surface area contributed by atoms with E-state index in [0.717, 1.165) is 10.6 Å². The molecule has 5 rings (SSSR count). The van der Waals surface area contributed by atoms with Crippen LogP contribution >= 0.6 is 11.3 Å². The largest absolute Gasteiger partial charge is 0.364 e. The Bertz CT molecular complexity index is 1570. The molecule has 1 fully saturated rings. The summed E-state index contributed by atoms with van der Waals surface area (Å²) in [7, 11) is 1.61. The van der Waals surface area contributed by atoms with Gasteiger partial charge in [-0.3, -0.25) is 9.69 Å². The Hall–Kier alpha value is -4.12. The van der Waals surface area contributed by atoms with Gasteiger partial charge in [-0.25, -0.2) is 9.37 Å². The second kappa shape index (κ2) is 9.50. The van der Waals surface area contributed by atoms with Crippen molar-refractivity contribution < 1.29 is 4.39 Å². The summed E-state index contributed by atoms with van der Waals surface area (Å²) < 4.78 is 15.1. The molecule has 0 bridgehead atoms. The highest BCUT2D eigenvalue weighted by atomic mass is 32.1. The predicted octanol–water partition coefficient (Wildman–Crippen LogP) is 4.25. The molecule has 1 unspecified atom stereocenters. The molecule has 4 aromatic rings. The van der Waals surface area contributed by atoms with Crippen molar-refractivity contribution >= 4 is 33.9 Å². The number of benzene rings is 1. The fourth-order valence-corrected chi connectivity index (χ4v) is 5.69. The standard InChI is InChI=1S/C26H22FN7OS/c1-16-15-33(24-19(14-28)26(35)32(3)20-8-9-21(29-2)31-22(20)24)11-12-34(16)23(25-30-10-13-36-25)17-4-6-18(27)7-5-17/h4-10,13,16,23H,11-12,15H2,1,3H3/t16-,23?/m1/s1. The molecule has 0 saturated carbocycles. The highest BCUT2D eigenvalue weighted by Gasteiger charge is 2.35. The van der Waals surface area contributed by atoms with Crippen LogP contribution in [0.5, 0.6) is 0 Å². The summed E-state index contributed by atoms with van der Waals surface area (Å²) in [6, 6.07) is 11.7. The van der Waals surface area contributed by atoms with Gasteiger partial charge >= 0.3 is 0 Å². The average molecular weight is 500 g/mol. The van der Waals surface area contributed by atoms with Gasteiger partial charge in [0, 0.05) is 44.3 Å². The summed E-state index contributed by atoms with van der Waals surface area (Å²) in [4.78, 5) is 29.9. The van der Waals surface area contributed by atoms with E-state index in [4.69, 9.17) is 6.57 Å². The van der Waals surface area contributed by atoms with Crippen molar-refractivity contribution in [3.63, 3.8) is 0 Å². The van der Waals surface area contributed by atoms with Crippen molar-refractivity contribution in [2.24, 2.45) is 7.05 Å². The van der Waals surface area contributed by atoms with E-state index in [1.54, 1.807) is 48.8 Å².